The summed E-state index contributed by atoms with van der Waals surface area (Å²) < 4.78 is 10.9. The van der Waals surface area contributed by atoms with Gasteiger partial charge in [-0.2, -0.15) is 0 Å². The van der Waals surface area contributed by atoms with E-state index in [0.717, 1.165) is 11.3 Å². The largest absolute Gasteiger partial charge is 0.489 e. The van der Waals surface area contributed by atoms with Crippen LogP contribution in [-0.4, -0.2) is 31.7 Å². The molecule has 1 aliphatic heterocycles. The number of amides is 2. The zero-order chi connectivity index (χ0) is 18.5. The van der Waals surface area contributed by atoms with Gasteiger partial charge in [-0.25, -0.2) is 4.79 Å². The van der Waals surface area contributed by atoms with E-state index in [1.807, 2.05) is 36.4 Å². The molecule has 0 bridgehead atoms. The molecule has 26 heavy (non-hydrogen) atoms. The van der Waals surface area contributed by atoms with Crippen molar-refractivity contribution >= 4 is 29.3 Å². The van der Waals surface area contributed by atoms with Crippen LogP contribution >= 0.6 is 11.6 Å². The van der Waals surface area contributed by atoms with E-state index >= 15 is 0 Å². The van der Waals surface area contributed by atoms with Crippen LogP contribution in [0, 0.1) is 0 Å². The third-order valence-electron chi connectivity index (χ3n) is 4.01. The SMILES string of the molecule is CNC(=O)O[C@@H]1CC(=O)N(c2ccc(OCc3cccc(Cl)c3)cc2)C1. The number of hydrogen-bond acceptors (Lipinski definition) is 4. The zero-order valence-corrected chi connectivity index (χ0v) is 15.0. The molecule has 136 valence electrons. The quantitative estimate of drug-likeness (QED) is 0.871. The first-order valence-electron chi connectivity index (χ1n) is 8.21. The Morgan fingerprint density at radius 1 is 1.27 bits per heavy atom. The van der Waals surface area contributed by atoms with E-state index < -0.39 is 12.2 Å². The normalized spacial score (nSPS) is 16.5. The van der Waals surface area contributed by atoms with Gasteiger partial charge in [-0.15, -0.1) is 0 Å². The summed E-state index contributed by atoms with van der Waals surface area (Å²) in [5.74, 6) is 0.616. The molecule has 1 N–H and O–H groups in total. The molecule has 1 heterocycles. The van der Waals surface area contributed by atoms with Gasteiger partial charge >= 0.3 is 6.09 Å². The van der Waals surface area contributed by atoms with Gasteiger partial charge in [-0.05, 0) is 42.0 Å². The Hall–Kier alpha value is -2.73. The molecule has 1 saturated heterocycles. The molecule has 7 heteroatoms. The summed E-state index contributed by atoms with van der Waals surface area (Å²) in [6.45, 7) is 0.750. The van der Waals surface area contributed by atoms with Gasteiger partial charge < -0.3 is 19.7 Å². The van der Waals surface area contributed by atoms with Crippen LogP contribution in [0.5, 0.6) is 5.75 Å². The minimum Gasteiger partial charge on any atom is -0.489 e. The summed E-state index contributed by atoms with van der Waals surface area (Å²) in [6, 6.07) is 14.7. The highest BCUT2D eigenvalue weighted by Crippen LogP contribution is 2.26. The van der Waals surface area contributed by atoms with Gasteiger partial charge in [0.15, 0.2) is 0 Å². The van der Waals surface area contributed by atoms with Gasteiger partial charge in [0.25, 0.3) is 0 Å². The van der Waals surface area contributed by atoms with Gasteiger partial charge in [0.05, 0.1) is 13.0 Å². The number of carbonyl (C=O) groups excluding carboxylic acids is 2. The van der Waals surface area contributed by atoms with Crippen molar-refractivity contribution in [2.45, 2.75) is 19.1 Å². The van der Waals surface area contributed by atoms with Crippen molar-refractivity contribution in [2.75, 3.05) is 18.5 Å². The van der Waals surface area contributed by atoms with Crippen molar-refractivity contribution < 1.29 is 19.1 Å². The maximum absolute atomic E-state index is 12.2. The van der Waals surface area contributed by atoms with Gasteiger partial charge in [0.2, 0.25) is 5.91 Å². The van der Waals surface area contributed by atoms with Crippen molar-refractivity contribution in [1.82, 2.24) is 5.32 Å². The number of hydrogen-bond donors (Lipinski definition) is 1. The van der Waals surface area contributed by atoms with Crippen molar-refractivity contribution in [3.8, 4) is 5.75 Å². The monoisotopic (exact) mass is 374 g/mol. The third-order valence-corrected chi connectivity index (χ3v) is 4.25. The summed E-state index contributed by atoms with van der Waals surface area (Å²) in [4.78, 5) is 25.0. The molecule has 0 radical (unpaired) electrons. The average Bonchev–Trinajstić information content (AvgIpc) is 3.00. The Labute approximate surface area is 156 Å². The lowest BCUT2D eigenvalue weighted by Crippen LogP contribution is -2.29. The second kappa shape index (κ2) is 8.10. The maximum Gasteiger partial charge on any atom is 0.407 e. The lowest BCUT2D eigenvalue weighted by atomic mass is 10.2. The number of ether oxygens (including phenoxy) is 2. The number of carbonyl (C=O) groups is 2. The number of rotatable bonds is 5. The first-order valence-corrected chi connectivity index (χ1v) is 8.59. The average molecular weight is 375 g/mol. The molecule has 0 unspecified atom stereocenters. The fraction of sp³-hybridized carbons (Fsp3) is 0.263. The number of nitrogens with one attached hydrogen (secondary N) is 1. The molecular formula is C19H19ClN2O4. The lowest BCUT2D eigenvalue weighted by Gasteiger charge is -2.17. The van der Waals surface area contributed by atoms with Crippen molar-refractivity contribution in [3.05, 3.63) is 59.1 Å². The molecule has 1 atom stereocenters. The molecule has 1 fully saturated rings. The molecule has 3 rings (SSSR count). The Bertz CT molecular complexity index is 794. The third kappa shape index (κ3) is 4.46. The van der Waals surface area contributed by atoms with Gasteiger partial charge in [0, 0.05) is 17.8 Å². The number of halogens is 1. The van der Waals surface area contributed by atoms with Crippen molar-refractivity contribution in [2.24, 2.45) is 0 Å². The smallest absolute Gasteiger partial charge is 0.407 e. The predicted octanol–water partition coefficient (Wildman–Crippen LogP) is 3.38. The standard InChI is InChI=1S/C19H19ClN2O4/c1-21-19(24)26-17-10-18(23)22(11-17)15-5-7-16(8-6-15)25-12-13-3-2-4-14(20)9-13/h2-9,17H,10-12H2,1H3,(H,21,24)/t17-/m1/s1. The molecule has 6 nitrogen and oxygen atoms in total. The predicted molar refractivity (Wildman–Crippen MR) is 98.5 cm³/mol. The second-order valence-electron chi connectivity index (χ2n) is 5.90. The van der Waals surface area contributed by atoms with Gasteiger partial charge in [0.1, 0.15) is 18.5 Å². The highest BCUT2D eigenvalue weighted by atomic mass is 35.5. The van der Waals surface area contributed by atoms with Gasteiger partial charge in [-0.1, -0.05) is 23.7 Å². The maximum atomic E-state index is 12.2. The van der Waals surface area contributed by atoms with E-state index in [1.54, 1.807) is 17.0 Å². The summed E-state index contributed by atoms with van der Waals surface area (Å²) >= 11 is 5.96. The minimum atomic E-state index is -0.533. The summed E-state index contributed by atoms with van der Waals surface area (Å²) in [7, 11) is 1.49. The van der Waals surface area contributed by atoms with E-state index in [-0.39, 0.29) is 12.3 Å². The lowest BCUT2D eigenvalue weighted by molar-refractivity contribution is -0.117. The van der Waals surface area contributed by atoms with Crippen LogP contribution in [0.2, 0.25) is 5.02 Å². The molecule has 0 spiro atoms. The van der Waals surface area contributed by atoms with E-state index in [4.69, 9.17) is 21.1 Å². The molecule has 0 aromatic heterocycles. The van der Waals surface area contributed by atoms with Crippen LogP contribution in [0.25, 0.3) is 0 Å². The summed E-state index contributed by atoms with van der Waals surface area (Å²) in [5.41, 5.74) is 1.72. The molecular weight excluding hydrogens is 356 g/mol. The molecule has 0 aliphatic carbocycles. The Morgan fingerprint density at radius 3 is 2.73 bits per heavy atom. The number of anilines is 1. The molecule has 0 saturated carbocycles. The van der Waals surface area contributed by atoms with Crippen molar-refractivity contribution in [3.63, 3.8) is 0 Å². The Morgan fingerprint density at radius 2 is 2.04 bits per heavy atom. The molecule has 2 aromatic rings. The highest BCUT2D eigenvalue weighted by Gasteiger charge is 2.33. The number of benzene rings is 2. The first kappa shape index (κ1) is 18.1. The minimum absolute atomic E-state index is 0.0773. The zero-order valence-electron chi connectivity index (χ0n) is 14.3. The summed E-state index contributed by atoms with van der Waals surface area (Å²) in [6.07, 6.45) is -0.795. The topological polar surface area (TPSA) is 67.9 Å². The number of nitrogens with zero attached hydrogens (tertiary/aromatic N) is 1. The van der Waals surface area contributed by atoms with Crippen LogP contribution < -0.4 is 15.0 Å². The van der Waals surface area contributed by atoms with Crippen LogP contribution in [0.3, 0.4) is 0 Å². The van der Waals surface area contributed by atoms with E-state index in [2.05, 4.69) is 5.32 Å². The molecule has 2 amide bonds. The Kier molecular flexibility index (Phi) is 5.63. The molecule has 1 aliphatic rings. The molecule has 2 aromatic carbocycles. The fourth-order valence-electron chi connectivity index (χ4n) is 2.73. The highest BCUT2D eigenvalue weighted by molar-refractivity contribution is 6.30. The van der Waals surface area contributed by atoms with E-state index in [1.165, 1.54) is 7.05 Å². The van der Waals surface area contributed by atoms with Crippen LogP contribution in [0.4, 0.5) is 10.5 Å². The first-order chi connectivity index (χ1) is 12.5. The fourth-order valence-corrected chi connectivity index (χ4v) is 2.94. The van der Waals surface area contributed by atoms with E-state index in [9.17, 15) is 9.59 Å². The number of alkyl carbamates (subject to hydrolysis) is 1. The van der Waals surface area contributed by atoms with Gasteiger partial charge in [-0.3, -0.25) is 4.79 Å². The van der Waals surface area contributed by atoms with Crippen LogP contribution in [-0.2, 0) is 16.1 Å². The van der Waals surface area contributed by atoms with Crippen LogP contribution in [0.1, 0.15) is 12.0 Å². The van der Waals surface area contributed by atoms with Crippen molar-refractivity contribution in [1.29, 1.82) is 0 Å². The second-order valence-corrected chi connectivity index (χ2v) is 6.33. The van der Waals surface area contributed by atoms with Crippen LogP contribution in [0.15, 0.2) is 48.5 Å². The van der Waals surface area contributed by atoms with E-state index in [0.29, 0.717) is 23.9 Å². The Balaban J connectivity index is 1.59. The summed E-state index contributed by atoms with van der Waals surface area (Å²) in [5, 5.41) is 3.05.